The molecule has 0 aliphatic rings. The molecule has 1 amide bonds. The lowest BCUT2D eigenvalue weighted by Gasteiger charge is -2.05. The number of anilines is 1. The third-order valence-corrected chi connectivity index (χ3v) is 3.17. The number of carbonyl (C=O) groups is 1. The molecule has 2 N–H and O–H groups in total. The molecule has 0 aliphatic carbocycles. The highest BCUT2D eigenvalue weighted by atomic mass is 32.2. The minimum Gasteiger partial charge on any atom is -0.326 e. The van der Waals surface area contributed by atoms with E-state index in [-0.39, 0.29) is 10.8 Å². The summed E-state index contributed by atoms with van der Waals surface area (Å²) in [5.74, 6) is -0.212. The molecule has 7 heteroatoms. The maximum Gasteiger partial charge on any atom is 0.276 e. The first-order valence-electron chi connectivity index (χ1n) is 5.36. The van der Waals surface area contributed by atoms with Crippen molar-refractivity contribution < 1.29 is 13.2 Å². The lowest BCUT2D eigenvalue weighted by molar-refractivity contribution is -0.114. The van der Waals surface area contributed by atoms with E-state index in [9.17, 15) is 13.2 Å². The van der Waals surface area contributed by atoms with Crippen LogP contribution in [0, 0.1) is 0 Å². The van der Waals surface area contributed by atoms with Crippen LogP contribution in [0.25, 0.3) is 0 Å². The zero-order valence-corrected chi connectivity index (χ0v) is 11.0. The van der Waals surface area contributed by atoms with Crippen molar-refractivity contribution in [1.82, 2.24) is 4.83 Å². The summed E-state index contributed by atoms with van der Waals surface area (Å²) < 4.78 is 23.5. The number of nitrogens with zero attached hydrogens (tertiary/aromatic N) is 1. The molecule has 0 radical (unpaired) electrons. The molecule has 0 aromatic heterocycles. The molecule has 0 spiro atoms. The van der Waals surface area contributed by atoms with Gasteiger partial charge in [-0.15, -0.1) is 0 Å². The highest BCUT2D eigenvalue weighted by molar-refractivity contribution is 7.89. The second-order valence-electron chi connectivity index (χ2n) is 3.52. The molecule has 0 heterocycles. The Labute approximate surface area is 106 Å². The van der Waals surface area contributed by atoms with Gasteiger partial charge in [-0.25, -0.2) is 4.83 Å². The molecule has 98 valence electrons. The van der Waals surface area contributed by atoms with Gasteiger partial charge in [0.25, 0.3) is 10.0 Å². The number of benzene rings is 1. The monoisotopic (exact) mass is 269 g/mol. The van der Waals surface area contributed by atoms with Gasteiger partial charge < -0.3 is 5.32 Å². The van der Waals surface area contributed by atoms with E-state index in [0.717, 1.165) is 0 Å². The topological polar surface area (TPSA) is 87.6 Å². The summed E-state index contributed by atoms with van der Waals surface area (Å²) in [6.07, 6.45) is 2.10. The van der Waals surface area contributed by atoms with E-state index in [0.29, 0.717) is 12.1 Å². The average molecular weight is 269 g/mol. The standard InChI is InChI=1S/C11H15N3O3S/c1-3-8-12-14-18(16,17)11-6-4-10(5-7-11)13-9(2)15/h4-8,14H,3H2,1-2H3,(H,13,15)/b12-8+. The van der Waals surface area contributed by atoms with Crippen molar-refractivity contribution in [1.29, 1.82) is 0 Å². The summed E-state index contributed by atoms with van der Waals surface area (Å²) in [5.41, 5.74) is 0.540. The van der Waals surface area contributed by atoms with Crippen LogP contribution in [0.1, 0.15) is 20.3 Å². The van der Waals surface area contributed by atoms with E-state index in [1.165, 1.54) is 37.4 Å². The number of rotatable bonds is 5. The van der Waals surface area contributed by atoms with Crippen LogP contribution in [0.4, 0.5) is 5.69 Å². The van der Waals surface area contributed by atoms with E-state index in [1.807, 2.05) is 6.92 Å². The quantitative estimate of drug-likeness (QED) is 0.624. The number of hydrazone groups is 1. The average Bonchev–Trinajstić information content (AvgIpc) is 2.29. The minimum absolute atomic E-state index is 0.0878. The molecular formula is C11H15N3O3S. The van der Waals surface area contributed by atoms with Crippen molar-refractivity contribution in [3.05, 3.63) is 24.3 Å². The second kappa shape index (κ2) is 6.15. The summed E-state index contributed by atoms with van der Waals surface area (Å²) in [5, 5.41) is 6.13. The summed E-state index contributed by atoms with van der Waals surface area (Å²) in [6, 6.07) is 5.82. The van der Waals surface area contributed by atoms with Crippen molar-refractivity contribution in [2.24, 2.45) is 5.10 Å². The number of carbonyl (C=O) groups excluding carboxylic acids is 1. The fourth-order valence-corrected chi connectivity index (χ4v) is 1.98. The van der Waals surface area contributed by atoms with Gasteiger partial charge >= 0.3 is 0 Å². The van der Waals surface area contributed by atoms with Crippen LogP contribution in [0.3, 0.4) is 0 Å². The van der Waals surface area contributed by atoms with Crippen LogP contribution < -0.4 is 10.1 Å². The van der Waals surface area contributed by atoms with Crippen LogP contribution in [0.5, 0.6) is 0 Å². The van der Waals surface area contributed by atoms with Crippen molar-refractivity contribution in [3.8, 4) is 0 Å². The van der Waals surface area contributed by atoms with Crippen molar-refractivity contribution in [2.75, 3.05) is 5.32 Å². The fourth-order valence-electron chi connectivity index (χ4n) is 1.17. The van der Waals surface area contributed by atoms with Gasteiger partial charge in [-0.1, -0.05) is 6.92 Å². The largest absolute Gasteiger partial charge is 0.326 e. The van der Waals surface area contributed by atoms with E-state index in [1.54, 1.807) is 0 Å². The first-order valence-corrected chi connectivity index (χ1v) is 6.85. The van der Waals surface area contributed by atoms with Crippen LogP contribution in [0.15, 0.2) is 34.3 Å². The van der Waals surface area contributed by atoms with Crippen LogP contribution in [-0.2, 0) is 14.8 Å². The van der Waals surface area contributed by atoms with Gasteiger partial charge in [-0.3, -0.25) is 4.79 Å². The Kier molecular flexibility index (Phi) is 4.85. The maximum absolute atomic E-state index is 11.7. The lowest BCUT2D eigenvalue weighted by Crippen LogP contribution is -2.18. The lowest BCUT2D eigenvalue weighted by atomic mass is 10.3. The molecule has 0 bridgehead atoms. The molecule has 18 heavy (non-hydrogen) atoms. The third kappa shape index (κ3) is 4.17. The summed E-state index contributed by atoms with van der Waals surface area (Å²) >= 11 is 0. The van der Waals surface area contributed by atoms with Gasteiger partial charge in [0, 0.05) is 18.8 Å². The van der Waals surface area contributed by atoms with Crippen LogP contribution >= 0.6 is 0 Å². The molecule has 1 rings (SSSR count). The third-order valence-electron chi connectivity index (χ3n) is 1.93. The van der Waals surface area contributed by atoms with Gasteiger partial charge in [0.2, 0.25) is 5.91 Å². The molecular weight excluding hydrogens is 254 g/mol. The normalized spacial score (nSPS) is 11.4. The Bertz CT molecular complexity index is 535. The van der Waals surface area contributed by atoms with Crippen molar-refractivity contribution in [2.45, 2.75) is 25.2 Å². The number of hydrogen-bond acceptors (Lipinski definition) is 4. The van der Waals surface area contributed by atoms with Crippen LogP contribution in [0.2, 0.25) is 0 Å². The molecule has 1 aromatic carbocycles. The maximum atomic E-state index is 11.7. The zero-order chi connectivity index (χ0) is 13.6. The predicted octanol–water partition coefficient (Wildman–Crippen LogP) is 1.32. The highest BCUT2D eigenvalue weighted by Gasteiger charge is 2.12. The number of amides is 1. The summed E-state index contributed by atoms with van der Waals surface area (Å²) in [6.45, 7) is 3.23. The molecule has 0 saturated carbocycles. The molecule has 0 fully saturated rings. The van der Waals surface area contributed by atoms with Crippen molar-refractivity contribution in [3.63, 3.8) is 0 Å². The Hall–Kier alpha value is -1.89. The zero-order valence-electron chi connectivity index (χ0n) is 10.2. The minimum atomic E-state index is -3.64. The van der Waals surface area contributed by atoms with Crippen molar-refractivity contribution >= 4 is 27.8 Å². The van der Waals surface area contributed by atoms with Gasteiger partial charge in [0.05, 0.1) is 4.90 Å². The Morgan fingerprint density at radius 1 is 1.33 bits per heavy atom. The Balaban J connectivity index is 2.84. The van der Waals surface area contributed by atoms with Gasteiger partial charge in [-0.05, 0) is 30.7 Å². The summed E-state index contributed by atoms with van der Waals surface area (Å²) in [4.78, 5) is 13.0. The molecule has 0 unspecified atom stereocenters. The number of nitrogens with one attached hydrogen (secondary N) is 2. The molecule has 0 aliphatic heterocycles. The van der Waals surface area contributed by atoms with E-state index in [4.69, 9.17) is 0 Å². The van der Waals surface area contributed by atoms with E-state index < -0.39 is 10.0 Å². The van der Waals surface area contributed by atoms with E-state index >= 15 is 0 Å². The van der Waals surface area contributed by atoms with E-state index in [2.05, 4.69) is 15.2 Å². The first kappa shape index (κ1) is 14.2. The predicted molar refractivity (Wildman–Crippen MR) is 69.9 cm³/mol. The van der Waals surface area contributed by atoms with Gasteiger partial charge in [0.15, 0.2) is 0 Å². The number of sulfonamides is 1. The highest BCUT2D eigenvalue weighted by Crippen LogP contribution is 2.13. The van der Waals surface area contributed by atoms with Gasteiger partial charge in [0.1, 0.15) is 0 Å². The van der Waals surface area contributed by atoms with Crippen LogP contribution in [-0.4, -0.2) is 20.5 Å². The summed E-state index contributed by atoms with van der Waals surface area (Å²) in [7, 11) is -3.64. The Morgan fingerprint density at radius 2 is 1.94 bits per heavy atom. The second-order valence-corrected chi connectivity index (χ2v) is 5.18. The SMILES string of the molecule is CC/C=N/NS(=O)(=O)c1ccc(NC(C)=O)cc1. The molecule has 6 nitrogen and oxygen atoms in total. The fraction of sp³-hybridized carbons (Fsp3) is 0.273. The first-order chi connectivity index (χ1) is 8.45. The molecule has 1 aromatic rings. The van der Waals surface area contributed by atoms with Gasteiger partial charge in [-0.2, -0.15) is 13.5 Å². The Morgan fingerprint density at radius 3 is 2.44 bits per heavy atom. The molecule has 0 saturated heterocycles. The number of hydrogen-bond donors (Lipinski definition) is 2. The molecule has 0 atom stereocenters. The smallest absolute Gasteiger partial charge is 0.276 e.